The van der Waals surface area contributed by atoms with Crippen LogP contribution in [0.5, 0.6) is 34.5 Å². The van der Waals surface area contributed by atoms with Crippen LogP contribution in [0.2, 0.25) is 0 Å². The second-order valence-corrected chi connectivity index (χ2v) is 39.5. The van der Waals surface area contributed by atoms with Gasteiger partial charge in [-0.2, -0.15) is 0 Å². The van der Waals surface area contributed by atoms with Gasteiger partial charge in [-0.15, -0.1) is 0 Å². The number of rotatable bonds is 10. The van der Waals surface area contributed by atoms with Crippen molar-refractivity contribution in [2.24, 2.45) is 0 Å². The molecule has 0 unspecified atom stereocenters. The van der Waals surface area contributed by atoms with Crippen LogP contribution in [0.15, 0.2) is 564 Å². The Morgan fingerprint density at radius 3 is 0.698 bits per heavy atom. The highest BCUT2D eigenvalue weighted by atomic mass is 16.5. The van der Waals surface area contributed by atoms with Gasteiger partial charge in [-0.3, -0.25) is 0 Å². The van der Waals surface area contributed by atoms with Gasteiger partial charge in [-0.05, 0) is 189 Å². The summed E-state index contributed by atoms with van der Waals surface area (Å²) in [5.41, 5.74) is 23.0. The molecule has 696 valence electrons. The SMILES string of the molecule is c1ccc(-c2ccc(C3(c4ccc(-c5ccccc5)cc4)c4c(c5ccccc5c5ccccc45)Oc4c3c3ccccc3c3ccccc43)cc2)cc1.c1ccc(-n2c3ccccc3c3ccc(-c4ccc(C5(c6ccccc6)c6c(ccc7ccccc67)Oc6ccc7ccccc7c65)cc4)cc32)cc1.c1ccc(C2(c3ccccc3)c3c(c4ccccc4c4ccccc34)Oc3c2c2ccccc2c2ccccc32)cc1. The fraction of sp³-hybridized carbons (Fsp3) is 0.0207. The molecule has 4 heterocycles. The minimum atomic E-state index is -0.763. The Balaban J connectivity index is 0.000000106. The second-order valence-electron chi connectivity index (χ2n) is 39.5. The third-order valence-corrected chi connectivity index (χ3v) is 32.0. The van der Waals surface area contributed by atoms with E-state index in [1.165, 1.54) is 208 Å². The van der Waals surface area contributed by atoms with Crippen LogP contribution >= 0.6 is 0 Å². The van der Waals surface area contributed by atoms with E-state index >= 15 is 0 Å². The molecule has 4 nitrogen and oxygen atoms in total. The number of aromatic nitrogens is 1. The molecule has 0 atom stereocenters. The summed E-state index contributed by atoms with van der Waals surface area (Å²) in [5.74, 6) is 5.47. The van der Waals surface area contributed by atoms with Gasteiger partial charge >= 0.3 is 0 Å². The van der Waals surface area contributed by atoms with Crippen molar-refractivity contribution >= 4 is 130 Å². The normalized spacial score (nSPS) is 13.3. The van der Waals surface area contributed by atoms with Crippen molar-refractivity contribution in [1.82, 2.24) is 4.57 Å². The number of hydrogen-bond acceptors (Lipinski definition) is 3. The van der Waals surface area contributed by atoms with E-state index in [1.54, 1.807) is 0 Å². The second kappa shape index (κ2) is 35.1. The Bertz CT molecular complexity index is 9750. The third-order valence-electron chi connectivity index (χ3n) is 32.0. The highest BCUT2D eigenvalue weighted by molar-refractivity contribution is 6.21. The molecule has 27 aromatic carbocycles. The summed E-state index contributed by atoms with van der Waals surface area (Å²) < 4.78 is 24.1. The third kappa shape index (κ3) is 13.3. The van der Waals surface area contributed by atoms with E-state index in [2.05, 4.69) is 569 Å². The Labute approximate surface area is 862 Å². The molecule has 28 aromatic rings. The topological polar surface area (TPSA) is 32.6 Å². The molecular formula is C145H93NO3. The fourth-order valence-corrected chi connectivity index (χ4v) is 25.8. The summed E-state index contributed by atoms with van der Waals surface area (Å²) in [6.45, 7) is 0. The molecule has 0 bridgehead atoms. The van der Waals surface area contributed by atoms with Gasteiger partial charge in [0.15, 0.2) is 0 Å². The van der Waals surface area contributed by atoms with E-state index < -0.39 is 16.2 Å². The lowest BCUT2D eigenvalue weighted by molar-refractivity contribution is 0.439. The highest BCUT2D eigenvalue weighted by Crippen LogP contribution is 2.67. The summed E-state index contributed by atoms with van der Waals surface area (Å²) in [5, 5.41) is 26.2. The predicted molar refractivity (Wildman–Crippen MR) is 620 cm³/mol. The number of nitrogens with zero attached hydrogens (tertiary/aromatic N) is 1. The van der Waals surface area contributed by atoms with Gasteiger partial charge in [0.2, 0.25) is 0 Å². The minimum absolute atomic E-state index is 0.640. The van der Waals surface area contributed by atoms with Crippen LogP contribution in [-0.4, -0.2) is 4.57 Å². The van der Waals surface area contributed by atoms with Crippen molar-refractivity contribution in [2.75, 3.05) is 0 Å². The molecule has 0 amide bonds. The molecule has 4 heteroatoms. The smallest absolute Gasteiger partial charge is 0.140 e. The first-order valence-electron chi connectivity index (χ1n) is 51.5. The van der Waals surface area contributed by atoms with Gasteiger partial charge in [0.05, 0.1) is 27.3 Å². The lowest BCUT2D eigenvalue weighted by atomic mass is 9.60. The van der Waals surface area contributed by atoms with Gasteiger partial charge in [0.25, 0.3) is 0 Å². The summed E-state index contributed by atoms with van der Waals surface area (Å²) in [4.78, 5) is 0. The quantitative estimate of drug-likeness (QED) is 0.128. The molecule has 149 heavy (non-hydrogen) atoms. The molecule has 1 aromatic heterocycles. The highest BCUT2D eigenvalue weighted by Gasteiger charge is 2.53. The Morgan fingerprint density at radius 2 is 0.362 bits per heavy atom. The van der Waals surface area contributed by atoms with E-state index in [0.29, 0.717) is 0 Å². The first-order chi connectivity index (χ1) is 74.0. The molecule has 0 saturated carbocycles. The van der Waals surface area contributed by atoms with E-state index in [0.717, 1.165) is 61.7 Å². The van der Waals surface area contributed by atoms with Crippen LogP contribution < -0.4 is 14.2 Å². The first kappa shape index (κ1) is 86.4. The average Bonchev–Trinajstić information content (AvgIpc) is 1.06. The van der Waals surface area contributed by atoms with Crippen LogP contribution in [0, 0.1) is 0 Å². The number of para-hydroxylation sites is 2. The number of fused-ring (bicyclic) bond motifs is 33. The van der Waals surface area contributed by atoms with Gasteiger partial charge in [-0.25, -0.2) is 0 Å². The standard InChI is InChI=1S/C53H34O.C51H33NO.C41H26O/c1-3-15-35(16-4-1)37-27-31-39(32-28-37)53(40-33-29-38(30-34-40)36-17-5-2-6-18-36)49-45-23-11-7-19-41(45)43-21-9-13-25-47(43)51(49)54-52-48-26-14-10-22-44(48)42-20-8-12-24-46(42)50(52)53;1-3-15-38(16-4-1)51(49-41-19-9-7-13-35(41)26-31-47(49)53-48-32-27-36-14-8-10-20-42(36)50(48)51)39-28-23-34(24-29-39)37-25-30-44-43-21-11-12-22-45(43)52(46(44)33-37)40-17-5-2-6-18-40;1-3-15-27(16-4-1)41(28-17-5-2-6-18-28)37-33-23-11-7-19-29(33)31-21-9-13-25-35(31)39(37)42-40-36-26-14-10-22-32(36)30-20-8-12-24-34(30)38(40)41/h1-34H;1-33H;1-26H. The Kier molecular flexibility index (Phi) is 20.3. The van der Waals surface area contributed by atoms with Crippen molar-refractivity contribution in [3.63, 3.8) is 0 Å². The predicted octanol–water partition coefficient (Wildman–Crippen LogP) is 38.2. The summed E-state index contributed by atoms with van der Waals surface area (Å²) in [6, 6.07) is 205. The van der Waals surface area contributed by atoms with Gasteiger partial charge in [0, 0.05) is 71.4 Å². The van der Waals surface area contributed by atoms with Crippen molar-refractivity contribution in [1.29, 1.82) is 0 Å². The van der Waals surface area contributed by atoms with Gasteiger partial charge in [-0.1, -0.05) is 528 Å². The molecule has 0 fully saturated rings. The average molecular weight is 1900 g/mol. The van der Waals surface area contributed by atoms with E-state index in [9.17, 15) is 0 Å². The maximum atomic E-state index is 7.50. The van der Waals surface area contributed by atoms with Crippen molar-refractivity contribution < 1.29 is 14.2 Å². The lowest BCUT2D eigenvalue weighted by Gasteiger charge is -2.44. The molecule has 0 radical (unpaired) electrons. The maximum absolute atomic E-state index is 7.50. The first-order valence-corrected chi connectivity index (χ1v) is 51.5. The lowest BCUT2D eigenvalue weighted by Crippen LogP contribution is -2.35. The van der Waals surface area contributed by atoms with Gasteiger partial charge < -0.3 is 18.8 Å². The fourth-order valence-electron chi connectivity index (χ4n) is 25.8. The zero-order valence-electron chi connectivity index (χ0n) is 81.4. The van der Waals surface area contributed by atoms with Crippen LogP contribution in [-0.2, 0) is 16.2 Å². The molecule has 0 saturated heterocycles. The number of hydrogen-bond donors (Lipinski definition) is 0. The molecule has 31 rings (SSSR count). The molecule has 3 aliphatic heterocycles. The zero-order valence-corrected chi connectivity index (χ0v) is 81.4. The summed E-state index contributed by atoms with van der Waals surface area (Å²) >= 11 is 0. The van der Waals surface area contributed by atoms with Crippen molar-refractivity contribution in [2.45, 2.75) is 16.2 Å². The van der Waals surface area contributed by atoms with Crippen molar-refractivity contribution in [3.8, 4) is 73.6 Å². The Morgan fingerprint density at radius 1 is 0.134 bits per heavy atom. The van der Waals surface area contributed by atoms with E-state index in [1.807, 2.05) is 0 Å². The number of ether oxygens (including phenoxy) is 3. The van der Waals surface area contributed by atoms with Crippen LogP contribution in [0.25, 0.3) is 169 Å². The van der Waals surface area contributed by atoms with E-state index in [-0.39, 0.29) is 0 Å². The van der Waals surface area contributed by atoms with Crippen LogP contribution in [0.4, 0.5) is 0 Å². The zero-order chi connectivity index (χ0) is 98.2. The molecule has 0 N–H and O–H groups in total. The molecular weight excluding hydrogens is 1800 g/mol. The minimum Gasteiger partial charge on any atom is -0.457 e. The summed E-state index contributed by atoms with van der Waals surface area (Å²) in [6.07, 6.45) is 0. The van der Waals surface area contributed by atoms with E-state index in [4.69, 9.17) is 14.2 Å². The molecule has 3 aliphatic rings. The molecule has 0 aliphatic carbocycles. The van der Waals surface area contributed by atoms with Crippen LogP contribution in [0.3, 0.4) is 0 Å². The number of benzene rings is 27. The summed E-state index contributed by atoms with van der Waals surface area (Å²) in [7, 11) is 0. The molecule has 0 spiro atoms. The van der Waals surface area contributed by atoms with Gasteiger partial charge in [0.1, 0.15) is 34.5 Å². The maximum Gasteiger partial charge on any atom is 0.140 e. The monoisotopic (exact) mass is 1900 g/mol. The largest absolute Gasteiger partial charge is 0.457 e. The van der Waals surface area contributed by atoms with Crippen LogP contribution in [0.1, 0.15) is 66.8 Å². The Hall–Kier alpha value is -19.3. The van der Waals surface area contributed by atoms with Crippen molar-refractivity contribution in [3.05, 3.63) is 631 Å².